The van der Waals surface area contributed by atoms with Crippen LogP contribution in [0.15, 0.2) is 42.5 Å². The van der Waals surface area contributed by atoms with Crippen molar-refractivity contribution in [3.63, 3.8) is 0 Å². The molecule has 21 heavy (non-hydrogen) atoms. The number of nitrogens with zero attached hydrogens (tertiary/aromatic N) is 1. The minimum atomic E-state index is -0.165. The molecular formula is C15H14N4O2. The van der Waals surface area contributed by atoms with E-state index >= 15 is 0 Å². The van der Waals surface area contributed by atoms with E-state index in [2.05, 4.69) is 15.5 Å². The summed E-state index contributed by atoms with van der Waals surface area (Å²) in [5, 5.41) is 19.7. The van der Waals surface area contributed by atoms with Gasteiger partial charge in [-0.25, -0.2) is 0 Å². The van der Waals surface area contributed by atoms with E-state index in [1.54, 1.807) is 36.4 Å². The molecule has 1 heterocycles. The third-order valence-corrected chi connectivity index (χ3v) is 3.15. The first kappa shape index (κ1) is 13.0. The van der Waals surface area contributed by atoms with Crippen LogP contribution >= 0.6 is 0 Å². The second kappa shape index (κ2) is 5.16. The first-order valence-electron chi connectivity index (χ1n) is 6.43. The van der Waals surface area contributed by atoms with Crippen molar-refractivity contribution in [1.29, 1.82) is 0 Å². The van der Waals surface area contributed by atoms with Gasteiger partial charge in [0.25, 0.3) is 0 Å². The van der Waals surface area contributed by atoms with Crippen molar-refractivity contribution in [1.82, 2.24) is 10.2 Å². The Hall–Kier alpha value is -3.02. The maximum absolute atomic E-state index is 12.0. The molecule has 3 rings (SSSR count). The Bertz CT molecular complexity index is 810. The zero-order valence-corrected chi connectivity index (χ0v) is 11.1. The molecule has 6 nitrogen and oxygen atoms in total. The van der Waals surface area contributed by atoms with Gasteiger partial charge in [-0.15, -0.1) is 0 Å². The molecule has 0 aliphatic carbocycles. The number of amides is 1. The highest BCUT2D eigenvalue weighted by Crippen LogP contribution is 2.22. The van der Waals surface area contributed by atoms with Gasteiger partial charge in [-0.2, -0.15) is 5.10 Å². The second-order valence-corrected chi connectivity index (χ2v) is 4.76. The van der Waals surface area contributed by atoms with Crippen LogP contribution < -0.4 is 11.1 Å². The van der Waals surface area contributed by atoms with Crippen molar-refractivity contribution in [2.24, 2.45) is 0 Å². The Morgan fingerprint density at radius 1 is 1.29 bits per heavy atom. The van der Waals surface area contributed by atoms with Gasteiger partial charge in [0.15, 0.2) is 5.82 Å². The fourth-order valence-electron chi connectivity index (χ4n) is 2.17. The van der Waals surface area contributed by atoms with Gasteiger partial charge in [-0.1, -0.05) is 12.1 Å². The number of nitrogens with two attached hydrogens (primary N) is 1. The minimum Gasteiger partial charge on any atom is -0.508 e. The lowest BCUT2D eigenvalue weighted by atomic mass is 10.1. The number of carbonyl (C=O) groups excluding carboxylic acids is 1. The largest absolute Gasteiger partial charge is 0.508 e. The number of carbonyl (C=O) groups is 1. The van der Waals surface area contributed by atoms with E-state index in [0.29, 0.717) is 11.5 Å². The Morgan fingerprint density at radius 3 is 2.95 bits per heavy atom. The van der Waals surface area contributed by atoms with Crippen LogP contribution in [0.4, 0.5) is 11.5 Å². The molecular weight excluding hydrogens is 268 g/mol. The number of aromatic amines is 1. The average molecular weight is 282 g/mol. The van der Waals surface area contributed by atoms with E-state index in [4.69, 9.17) is 5.73 Å². The molecule has 6 heteroatoms. The SMILES string of the molecule is Nc1n[nH]c2ccc(NC(=O)Cc3cccc(O)c3)cc12. The molecule has 1 aromatic heterocycles. The number of fused-ring (bicyclic) bond motifs is 1. The van der Waals surface area contributed by atoms with Gasteiger partial charge >= 0.3 is 0 Å². The minimum absolute atomic E-state index is 0.146. The third-order valence-electron chi connectivity index (χ3n) is 3.15. The predicted molar refractivity (Wildman–Crippen MR) is 80.9 cm³/mol. The fourth-order valence-corrected chi connectivity index (χ4v) is 2.17. The summed E-state index contributed by atoms with van der Waals surface area (Å²) in [6.45, 7) is 0. The van der Waals surface area contributed by atoms with Crippen LogP contribution in [0.5, 0.6) is 5.75 Å². The Balaban J connectivity index is 1.75. The molecule has 106 valence electrons. The number of nitrogen functional groups attached to an aromatic ring is 1. The summed E-state index contributed by atoms with van der Waals surface area (Å²) in [7, 11) is 0. The van der Waals surface area contributed by atoms with Crippen LogP contribution in [0.3, 0.4) is 0 Å². The van der Waals surface area contributed by atoms with E-state index in [-0.39, 0.29) is 18.1 Å². The maximum Gasteiger partial charge on any atom is 0.228 e. The van der Waals surface area contributed by atoms with Crippen LogP contribution in [0.2, 0.25) is 0 Å². The molecule has 0 bridgehead atoms. The number of rotatable bonds is 3. The van der Waals surface area contributed by atoms with Crippen molar-refractivity contribution in [3.8, 4) is 5.75 Å². The highest BCUT2D eigenvalue weighted by Gasteiger charge is 2.07. The Labute approximate surface area is 120 Å². The highest BCUT2D eigenvalue weighted by atomic mass is 16.3. The van der Waals surface area contributed by atoms with E-state index in [9.17, 15) is 9.90 Å². The van der Waals surface area contributed by atoms with Crippen LogP contribution in [-0.2, 0) is 11.2 Å². The number of phenols is 1. The van der Waals surface area contributed by atoms with Gasteiger partial charge in [0.2, 0.25) is 5.91 Å². The zero-order valence-electron chi connectivity index (χ0n) is 11.1. The molecule has 3 aromatic rings. The summed E-state index contributed by atoms with van der Waals surface area (Å²) >= 11 is 0. The molecule has 2 aromatic carbocycles. The van der Waals surface area contributed by atoms with Gasteiger partial charge in [-0.05, 0) is 35.9 Å². The standard InChI is InChI=1S/C15H14N4O2/c16-15-12-8-10(4-5-13(12)18-19-15)17-14(21)7-9-2-1-3-11(20)6-9/h1-6,8,20H,7H2,(H,17,21)(H3,16,18,19). The quantitative estimate of drug-likeness (QED) is 0.590. The van der Waals surface area contributed by atoms with Crippen molar-refractivity contribution in [2.75, 3.05) is 11.1 Å². The number of benzene rings is 2. The number of phenolic OH excluding ortho intramolecular Hbond substituents is 1. The van der Waals surface area contributed by atoms with Gasteiger partial charge in [-0.3, -0.25) is 9.89 Å². The zero-order chi connectivity index (χ0) is 14.8. The first-order chi connectivity index (χ1) is 10.1. The van der Waals surface area contributed by atoms with Gasteiger partial charge in [0.1, 0.15) is 5.75 Å². The molecule has 0 aliphatic rings. The molecule has 0 unspecified atom stereocenters. The summed E-state index contributed by atoms with van der Waals surface area (Å²) in [5.41, 5.74) is 7.95. The van der Waals surface area contributed by atoms with Crippen LogP contribution in [0.1, 0.15) is 5.56 Å². The Morgan fingerprint density at radius 2 is 2.14 bits per heavy atom. The van der Waals surface area contributed by atoms with Crippen LogP contribution in [-0.4, -0.2) is 21.2 Å². The van der Waals surface area contributed by atoms with Crippen molar-refractivity contribution in [2.45, 2.75) is 6.42 Å². The smallest absolute Gasteiger partial charge is 0.228 e. The second-order valence-electron chi connectivity index (χ2n) is 4.76. The van der Waals surface area contributed by atoms with Gasteiger partial charge in [0.05, 0.1) is 11.9 Å². The maximum atomic E-state index is 12.0. The molecule has 1 amide bonds. The molecule has 5 N–H and O–H groups in total. The summed E-state index contributed by atoms with van der Waals surface area (Å²) in [6, 6.07) is 12.0. The van der Waals surface area contributed by atoms with E-state index in [1.165, 1.54) is 0 Å². The van der Waals surface area contributed by atoms with E-state index in [1.807, 2.05) is 6.07 Å². The van der Waals surface area contributed by atoms with Crippen molar-refractivity contribution >= 4 is 28.3 Å². The monoisotopic (exact) mass is 282 g/mol. The lowest BCUT2D eigenvalue weighted by Crippen LogP contribution is -2.14. The first-order valence-corrected chi connectivity index (χ1v) is 6.43. The molecule has 0 saturated heterocycles. The van der Waals surface area contributed by atoms with Crippen molar-refractivity contribution < 1.29 is 9.90 Å². The van der Waals surface area contributed by atoms with E-state index in [0.717, 1.165) is 16.5 Å². The third kappa shape index (κ3) is 2.79. The highest BCUT2D eigenvalue weighted by molar-refractivity contribution is 5.97. The van der Waals surface area contributed by atoms with Gasteiger partial charge < -0.3 is 16.2 Å². The molecule has 0 spiro atoms. The topological polar surface area (TPSA) is 104 Å². The summed E-state index contributed by atoms with van der Waals surface area (Å²) < 4.78 is 0. The van der Waals surface area contributed by atoms with Gasteiger partial charge in [0, 0.05) is 11.1 Å². The number of hydrogen-bond donors (Lipinski definition) is 4. The summed E-state index contributed by atoms with van der Waals surface area (Å²) in [4.78, 5) is 12.0. The molecule has 0 atom stereocenters. The van der Waals surface area contributed by atoms with Crippen LogP contribution in [0.25, 0.3) is 10.9 Å². The van der Waals surface area contributed by atoms with Crippen molar-refractivity contribution in [3.05, 3.63) is 48.0 Å². The van der Waals surface area contributed by atoms with Crippen LogP contribution in [0, 0.1) is 0 Å². The van der Waals surface area contributed by atoms with E-state index < -0.39 is 0 Å². The summed E-state index contributed by atoms with van der Waals surface area (Å²) in [5.74, 6) is 0.379. The normalized spacial score (nSPS) is 10.7. The number of nitrogens with one attached hydrogen (secondary N) is 2. The number of H-pyrrole nitrogens is 1. The molecule has 0 fully saturated rings. The predicted octanol–water partition coefficient (Wildman–Crippen LogP) is 2.03. The number of aromatic hydroxyl groups is 1. The Kier molecular flexibility index (Phi) is 3.19. The number of aromatic nitrogens is 2. The number of anilines is 2. The number of hydrogen-bond acceptors (Lipinski definition) is 4. The molecule has 0 radical (unpaired) electrons. The lowest BCUT2D eigenvalue weighted by Gasteiger charge is -2.06. The lowest BCUT2D eigenvalue weighted by molar-refractivity contribution is -0.115. The molecule has 0 saturated carbocycles. The molecule has 0 aliphatic heterocycles. The average Bonchev–Trinajstić information content (AvgIpc) is 2.80. The fraction of sp³-hybridized carbons (Fsp3) is 0.0667. The summed E-state index contributed by atoms with van der Waals surface area (Å²) in [6.07, 6.45) is 0.188.